The molecular formula is C16H13BrN2OS. The van der Waals surface area contributed by atoms with Crippen LogP contribution in [0.5, 0.6) is 0 Å². The van der Waals surface area contributed by atoms with Crippen LogP contribution in [0.2, 0.25) is 0 Å². The zero-order chi connectivity index (χ0) is 15.1. The van der Waals surface area contributed by atoms with Crippen LogP contribution in [-0.4, -0.2) is 11.7 Å². The summed E-state index contributed by atoms with van der Waals surface area (Å²) in [5.41, 5.74) is 2.47. The molecule has 0 fully saturated rings. The Hall–Kier alpha value is -1.77. The van der Waals surface area contributed by atoms with Crippen LogP contribution in [0.25, 0.3) is 0 Å². The fourth-order valence-corrected chi connectivity index (χ4v) is 2.93. The first-order valence-corrected chi connectivity index (χ1v) is 8.24. The second kappa shape index (κ2) is 7.87. The first-order valence-electron chi connectivity index (χ1n) is 6.29. The minimum Gasteiger partial charge on any atom is -0.325 e. The SMILES string of the molecule is N#Cc1cccc(CSCC(=O)Nc2cccc(Br)c2)c1. The number of hydrogen-bond donors (Lipinski definition) is 1. The lowest BCUT2D eigenvalue weighted by Crippen LogP contribution is -2.14. The normalized spacial score (nSPS) is 9.90. The molecule has 0 aliphatic rings. The van der Waals surface area contributed by atoms with Crippen molar-refractivity contribution in [3.63, 3.8) is 0 Å². The number of hydrogen-bond acceptors (Lipinski definition) is 3. The quantitative estimate of drug-likeness (QED) is 0.869. The Kier molecular flexibility index (Phi) is 5.85. The van der Waals surface area contributed by atoms with Gasteiger partial charge in [0.15, 0.2) is 0 Å². The molecule has 2 aromatic rings. The van der Waals surface area contributed by atoms with E-state index in [1.54, 1.807) is 6.07 Å². The van der Waals surface area contributed by atoms with Gasteiger partial charge in [0.1, 0.15) is 0 Å². The van der Waals surface area contributed by atoms with Gasteiger partial charge in [0, 0.05) is 15.9 Å². The van der Waals surface area contributed by atoms with Crippen molar-refractivity contribution >= 4 is 39.3 Å². The minimum absolute atomic E-state index is 0.0328. The second-order valence-electron chi connectivity index (χ2n) is 4.36. The molecule has 5 heteroatoms. The molecule has 21 heavy (non-hydrogen) atoms. The van der Waals surface area contributed by atoms with Gasteiger partial charge in [-0.3, -0.25) is 4.79 Å². The van der Waals surface area contributed by atoms with Gasteiger partial charge in [0.25, 0.3) is 0 Å². The Morgan fingerprint density at radius 2 is 2.05 bits per heavy atom. The van der Waals surface area contributed by atoms with Crippen molar-refractivity contribution in [3.05, 3.63) is 64.1 Å². The molecule has 1 N–H and O–H groups in total. The van der Waals surface area contributed by atoms with Crippen molar-refractivity contribution < 1.29 is 4.79 Å². The molecule has 0 atom stereocenters. The minimum atomic E-state index is -0.0328. The molecule has 0 aromatic heterocycles. The average molecular weight is 361 g/mol. The van der Waals surface area contributed by atoms with Crippen LogP contribution in [0.4, 0.5) is 5.69 Å². The van der Waals surface area contributed by atoms with Gasteiger partial charge in [0.2, 0.25) is 5.91 Å². The van der Waals surface area contributed by atoms with Crippen LogP contribution < -0.4 is 5.32 Å². The number of anilines is 1. The van der Waals surface area contributed by atoms with E-state index in [1.165, 1.54) is 11.8 Å². The average Bonchev–Trinajstić information content (AvgIpc) is 2.47. The van der Waals surface area contributed by atoms with Gasteiger partial charge >= 0.3 is 0 Å². The van der Waals surface area contributed by atoms with Crippen LogP contribution in [0, 0.1) is 11.3 Å². The molecule has 2 rings (SSSR count). The molecule has 0 aliphatic heterocycles. The first-order chi connectivity index (χ1) is 10.2. The van der Waals surface area contributed by atoms with E-state index < -0.39 is 0 Å². The fraction of sp³-hybridized carbons (Fsp3) is 0.125. The monoisotopic (exact) mass is 360 g/mol. The number of nitrogens with zero attached hydrogens (tertiary/aromatic N) is 1. The third-order valence-corrected chi connectivity index (χ3v) is 4.16. The maximum Gasteiger partial charge on any atom is 0.234 e. The summed E-state index contributed by atoms with van der Waals surface area (Å²) in [6, 6.07) is 17.0. The predicted octanol–water partition coefficient (Wildman–Crippen LogP) is 4.19. The Morgan fingerprint density at radius 3 is 2.81 bits per heavy atom. The summed E-state index contributed by atoms with van der Waals surface area (Å²) in [7, 11) is 0. The topological polar surface area (TPSA) is 52.9 Å². The summed E-state index contributed by atoms with van der Waals surface area (Å²) in [5, 5.41) is 11.7. The van der Waals surface area contributed by atoms with Crippen molar-refractivity contribution in [3.8, 4) is 6.07 Å². The molecule has 0 aliphatic carbocycles. The van der Waals surface area contributed by atoms with E-state index in [2.05, 4.69) is 27.3 Å². The smallest absolute Gasteiger partial charge is 0.234 e. The molecule has 0 radical (unpaired) electrons. The van der Waals surface area contributed by atoms with E-state index in [4.69, 9.17) is 5.26 Å². The summed E-state index contributed by atoms with van der Waals surface area (Å²) in [6.07, 6.45) is 0. The third-order valence-electron chi connectivity index (χ3n) is 2.67. The van der Waals surface area contributed by atoms with Crippen LogP contribution in [0.1, 0.15) is 11.1 Å². The predicted molar refractivity (Wildman–Crippen MR) is 90.1 cm³/mol. The van der Waals surface area contributed by atoms with Crippen molar-refractivity contribution in [2.24, 2.45) is 0 Å². The van der Waals surface area contributed by atoms with E-state index in [0.717, 1.165) is 15.7 Å². The lowest BCUT2D eigenvalue weighted by Gasteiger charge is -2.06. The fourth-order valence-electron chi connectivity index (χ4n) is 1.76. The number of rotatable bonds is 5. The number of thioether (sulfide) groups is 1. The van der Waals surface area contributed by atoms with Crippen molar-refractivity contribution in [1.29, 1.82) is 5.26 Å². The van der Waals surface area contributed by atoms with Gasteiger partial charge in [-0.2, -0.15) is 5.26 Å². The van der Waals surface area contributed by atoms with Crippen LogP contribution in [0.3, 0.4) is 0 Å². The Labute approximate surface area is 136 Å². The molecule has 0 saturated heterocycles. The number of nitriles is 1. The summed E-state index contributed by atoms with van der Waals surface area (Å²) < 4.78 is 0.932. The number of halogens is 1. The molecule has 2 aromatic carbocycles. The maximum atomic E-state index is 11.8. The molecule has 106 valence electrons. The molecule has 0 heterocycles. The van der Waals surface area contributed by atoms with E-state index in [1.807, 2.05) is 42.5 Å². The zero-order valence-electron chi connectivity index (χ0n) is 11.2. The van der Waals surface area contributed by atoms with E-state index in [9.17, 15) is 4.79 Å². The van der Waals surface area contributed by atoms with Crippen LogP contribution in [-0.2, 0) is 10.5 Å². The highest BCUT2D eigenvalue weighted by Crippen LogP contribution is 2.17. The molecule has 0 bridgehead atoms. The highest BCUT2D eigenvalue weighted by molar-refractivity contribution is 9.10. The van der Waals surface area contributed by atoms with Crippen molar-refractivity contribution in [1.82, 2.24) is 0 Å². The molecular weight excluding hydrogens is 348 g/mol. The van der Waals surface area contributed by atoms with Crippen molar-refractivity contribution in [2.75, 3.05) is 11.1 Å². The molecule has 0 saturated carbocycles. The first kappa shape index (κ1) is 15.6. The number of carbonyl (C=O) groups excluding carboxylic acids is 1. The molecule has 1 amide bonds. The van der Waals surface area contributed by atoms with E-state index in [-0.39, 0.29) is 5.91 Å². The van der Waals surface area contributed by atoms with Gasteiger partial charge in [-0.05, 0) is 35.9 Å². The van der Waals surface area contributed by atoms with Gasteiger partial charge < -0.3 is 5.32 Å². The van der Waals surface area contributed by atoms with Gasteiger partial charge in [0.05, 0.1) is 17.4 Å². The lowest BCUT2D eigenvalue weighted by atomic mass is 10.2. The number of amides is 1. The Balaban J connectivity index is 1.80. The number of nitrogens with one attached hydrogen (secondary N) is 1. The summed E-state index contributed by atoms with van der Waals surface area (Å²) >= 11 is 4.89. The van der Waals surface area contributed by atoms with Crippen molar-refractivity contribution in [2.45, 2.75) is 5.75 Å². The molecule has 3 nitrogen and oxygen atoms in total. The van der Waals surface area contributed by atoms with Gasteiger partial charge in [-0.25, -0.2) is 0 Å². The third kappa shape index (κ3) is 5.25. The highest BCUT2D eigenvalue weighted by atomic mass is 79.9. The number of benzene rings is 2. The summed E-state index contributed by atoms with van der Waals surface area (Å²) in [6.45, 7) is 0. The van der Waals surface area contributed by atoms with Gasteiger partial charge in [-0.1, -0.05) is 34.1 Å². The molecule has 0 spiro atoms. The lowest BCUT2D eigenvalue weighted by molar-refractivity contribution is -0.113. The Morgan fingerprint density at radius 1 is 1.24 bits per heavy atom. The molecule has 0 unspecified atom stereocenters. The van der Waals surface area contributed by atoms with Crippen LogP contribution >= 0.6 is 27.7 Å². The summed E-state index contributed by atoms with van der Waals surface area (Å²) in [5.74, 6) is 1.06. The second-order valence-corrected chi connectivity index (χ2v) is 6.26. The van der Waals surface area contributed by atoms with E-state index in [0.29, 0.717) is 17.1 Å². The number of carbonyl (C=O) groups is 1. The summed E-state index contributed by atoms with van der Waals surface area (Å²) in [4.78, 5) is 11.8. The highest BCUT2D eigenvalue weighted by Gasteiger charge is 2.04. The largest absolute Gasteiger partial charge is 0.325 e. The maximum absolute atomic E-state index is 11.8. The standard InChI is InChI=1S/C16H13BrN2OS/c17-14-5-2-6-15(8-14)19-16(20)11-21-10-13-4-1-3-12(7-13)9-18/h1-8H,10-11H2,(H,19,20). The van der Waals surface area contributed by atoms with E-state index >= 15 is 0 Å². The zero-order valence-corrected chi connectivity index (χ0v) is 13.6. The Bertz CT molecular complexity index is 682. The van der Waals surface area contributed by atoms with Crippen LogP contribution in [0.15, 0.2) is 53.0 Å². The van der Waals surface area contributed by atoms with Gasteiger partial charge in [-0.15, -0.1) is 11.8 Å².